The highest BCUT2D eigenvalue weighted by molar-refractivity contribution is 8.00. The summed E-state index contributed by atoms with van der Waals surface area (Å²) in [6.07, 6.45) is 2.58. The summed E-state index contributed by atoms with van der Waals surface area (Å²) in [6.45, 7) is 4.09. The second kappa shape index (κ2) is 7.77. The first-order chi connectivity index (χ1) is 11.0. The molecule has 1 N–H and O–H groups in total. The molecule has 8 heteroatoms. The Kier molecular flexibility index (Phi) is 5.75. The number of amides is 1. The Morgan fingerprint density at radius 3 is 2.70 bits per heavy atom. The van der Waals surface area contributed by atoms with E-state index < -0.39 is 4.92 Å². The SMILES string of the molecule is CC[C@@H](C)n1nccc1NC(=O)CSc1ccc([N+](=O)[O-])cc1. The van der Waals surface area contributed by atoms with Gasteiger partial charge in [-0.2, -0.15) is 5.10 Å². The molecule has 0 saturated carbocycles. The highest BCUT2D eigenvalue weighted by atomic mass is 32.2. The summed E-state index contributed by atoms with van der Waals surface area (Å²) in [5, 5.41) is 17.6. The van der Waals surface area contributed by atoms with Gasteiger partial charge in [-0.15, -0.1) is 11.8 Å². The minimum Gasteiger partial charge on any atom is -0.310 e. The fourth-order valence-corrected chi connectivity index (χ4v) is 2.63. The Morgan fingerprint density at radius 1 is 1.39 bits per heavy atom. The predicted molar refractivity (Wildman–Crippen MR) is 89.7 cm³/mol. The molecule has 0 aliphatic carbocycles. The van der Waals surface area contributed by atoms with E-state index in [0.717, 1.165) is 11.3 Å². The number of aromatic nitrogens is 2. The predicted octanol–water partition coefficient (Wildman–Crippen LogP) is 3.49. The van der Waals surface area contributed by atoms with Gasteiger partial charge in [0, 0.05) is 23.1 Å². The van der Waals surface area contributed by atoms with E-state index >= 15 is 0 Å². The van der Waals surface area contributed by atoms with Crippen LogP contribution in [0.15, 0.2) is 41.4 Å². The third kappa shape index (κ3) is 4.56. The molecule has 0 saturated heterocycles. The molecule has 0 radical (unpaired) electrons. The van der Waals surface area contributed by atoms with Gasteiger partial charge in [-0.05, 0) is 25.5 Å². The van der Waals surface area contributed by atoms with Crippen LogP contribution in [0.4, 0.5) is 11.5 Å². The number of benzene rings is 1. The molecule has 1 aromatic carbocycles. The molecule has 2 rings (SSSR count). The number of carbonyl (C=O) groups is 1. The lowest BCUT2D eigenvalue weighted by Gasteiger charge is -2.14. The average Bonchev–Trinajstić information content (AvgIpc) is 3.00. The lowest BCUT2D eigenvalue weighted by molar-refractivity contribution is -0.384. The number of nitro benzene ring substituents is 1. The van der Waals surface area contributed by atoms with E-state index in [1.165, 1.54) is 23.9 Å². The molecule has 1 amide bonds. The molecular formula is C15H18N4O3S. The van der Waals surface area contributed by atoms with Gasteiger partial charge in [0.15, 0.2) is 0 Å². The highest BCUT2D eigenvalue weighted by Crippen LogP contribution is 2.22. The molecule has 1 atom stereocenters. The molecule has 7 nitrogen and oxygen atoms in total. The number of hydrogen-bond acceptors (Lipinski definition) is 5. The van der Waals surface area contributed by atoms with Gasteiger partial charge in [-0.25, -0.2) is 4.68 Å². The van der Waals surface area contributed by atoms with Crippen molar-refractivity contribution in [2.45, 2.75) is 31.2 Å². The smallest absolute Gasteiger partial charge is 0.269 e. The Hall–Kier alpha value is -2.35. The number of nitrogens with one attached hydrogen (secondary N) is 1. The fraction of sp³-hybridized carbons (Fsp3) is 0.333. The van der Waals surface area contributed by atoms with Gasteiger partial charge in [0.25, 0.3) is 5.69 Å². The van der Waals surface area contributed by atoms with E-state index in [1.807, 2.05) is 6.92 Å². The third-order valence-corrected chi connectivity index (χ3v) is 4.38. The summed E-state index contributed by atoms with van der Waals surface area (Å²) in [4.78, 5) is 23.0. The average molecular weight is 334 g/mol. The Morgan fingerprint density at radius 2 is 2.09 bits per heavy atom. The number of rotatable bonds is 7. The second-order valence-electron chi connectivity index (χ2n) is 5.01. The molecule has 0 aliphatic rings. The summed E-state index contributed by atoms with van der Waals surface area (Å²) in [7, 11) is 0. The number of hydrogen-bond donors (Lipinski definition) is 1. The zero-order valence-corrected chi connectivity index (χ0v) is 13.7. The lowest BCUT2D eigenvalue weighted by atomic mass is 10.3. The number of nitrogens with zero attached hydrogens (tertiary/aromatic N) is 3. The standard InChI is InChI=1S/C15H18N4O3S/c1-3-11(2)18-14(8-9-16-18)17-15(20)10-23-13-6-4-12(5-7-13)19(21)22/h4-9,11H,3,10H2,1-2H3,(H,17,20)/t11-/m1/s1. The minimum absolute atomic E-state index is 0.0382. The topological polar surface area (TPSA) is 90.1 Å². The number of non-ortho nitro benzene ring substituents is 1. The normalized spacial score (nSPS) is 11.9. The van der Waals surface area contributed by atoms with E-state index in [2.05, 4.69) is 17.3 Å². The molecule has 0 bridgehead atoms. The number of nitro groups is 1. The summed E-state index contributed by atoms with van der Waals surface area (Å²) in [5.41, 5.74) is 0.0382. The highest BCUT2D eigenvalue weighted by Gasteiger charge is 2.12. The van der Waals surface area contributed by atoms with Crippen molar-refractivity contribution in [2.75, 3.05) is 11.1 Å². The molecule has 0 spiro atoms. The van der Waals surface area contributed by atoms with E-state index in [4.69, 9.17) is 0 Å². The van der Waals surface area contributed by atoms with E-state index in [0.29, 0.717) is 5.82 Å². The minimum atomic E-state index is -0.447. The first-order valence-corrected chi connectivity index (χ1v) is 8.20. The fourth-order valence-electron chi connectivity index (χ4n) is 1.93. The maximum absolute atomic E-state index is 12.0. The van der Waals surface area contributed by atoms with Gasteiger partial charge >= 0.3 is 0 Å². The molecule has 1 aromatic heterocycles. The molecular weight excluding hydrogens is 316 g/mol. The molecule has 0 aliphatic heterocycles. The van der Waals surface area contributed by atoms with Crippen LogP contribution >= 0.6 is 11.8 Å². The van der Waals surface area contributed by atoms with Crippen molar-refractivity contribution in [3.05, 3.63) is 46.6 Å². The number of carbonyl (C=O) groups excluding carboxylic acids is 1. The first kappa shape index (κ1) is 17.0. The summed E-state index contributed by atoms with van der Waals surface area (Å²) in [6, 6.07) is 8.11. The van der Waals surface area contributed by atoms with E-state index in [-0.39, 0.29) is 23.4 Å². The van der Waals surface area contributed by atoms with Gasteiger partial charge in [-0.1, -0.05) is 6.92 Å². The van der Waals surface area contributed by atoms with Crippen molar-refractivity contribution in [1.29, 1.82) is 0 Å². The molecule has 0 unspecified atom stereocenters. The van der Waals surface area contributed by atoms with Gasteiger partial charge in [0.2, 0.25) is 5.91 Å². The first-order valence-electron chi connectivity index (χ1n) is 7.22. The van der Waals surface area contributed by atoms with Crippen LogP contribution in [0.2, 0.25) is 0 Å². The van der Waals surface area contributed by atoms with Crippen molar-refractivity contribution in [1.82, 2.24) is 9.78 Å². The Bertz CT molecular complexity index is 684. The maximum Gasteiger partial charge on any atom is 0.269 e. The molecule has 2 aromatic rings. The van der Waals surface area contributed by atoms with Crippen LogP contribution in [0.1, 0.15) is 26.3 Å². The third-order valence-electron chi connectivity index (χ3n) is 3.36. The van der Waals surface area contributed by atoms with Crippen molar-refractivity contribution in [3.63, 3.8) is 0 Å². The second-order valence-corrected chi connectivity index (χ2v) is 6.05. The largest absolute Gasteiger partial charge is 0.310 e. The number of anilines is 1. The van der Waals surface area contributed by atoms with Crippen LogP contribution in [0, 0.1) is 10.1 Å². The van der Waals surface area contributed by atoms with E-state index in [1.54, 1.807) is 29.1 Å². The zero-order chi connectivity index (χ0) is 16.8. The van der Waals surface area contributed by atoms with E-state index in [9.17, 15) is 14.9 Å². The van der Waals surface area contributed by atoms with Crippen molar-refractivity contribution < 1.29 is 9.72 Å². The quantitative estimate of drug-likeness (QED) is 0.475. The monoisotopic (exact) mass is 334 g/mol. The van der Waals surface area contributed by atoms with Gasteiger partial charge in [-0.3, -0.25) is 14.9 Å². The van der Waals surface area contributed by atoms with Crippen LogP contribution in [0.5, 0.6) is 0 Å². The number of thioether (sulfide) groups is 1. The summed E-state index contributed by atoms with van der Waals surface area (Å²) in [5.74, 6) is 0.760. The maximum atomic E-state index is 12.0. The summed E-state index contributed by atoms with van der Waals surface area (Å²) >= 11 is 1.33. The van der Waals surface area contributed by atoms with Crippen LogP contribution < -0.4 is 5.32 Å². The lowest BCUT2D eigenvalue weighted by Crippen LogP contribution is -2.18. The Balaban J connectivity index is 1.90. The van der Waals surface area contributed by atoms with Crippen LogP contribution in [-0.4, -0.2) is 26.4 Å². The zero-order valence-electron chi connectivity index (χ0n) is 12.9. The van der Waals surface area contributed by atoms with Crippen molar-refractivity contribution in [3.8, 4) is 0 Å². The van der Waals surface area contributed by atoms with Gasteiger partial charge in [0.05, 0.1) is 22.9 Å². The van der Waals surface area contributed by atoms with Crippen LogP contribution in [0.3, 0.4) is 0 Å². The van der Waals surface area contributed by atoms with Crippen molar-refractivity contribution in [2.24, 2.45) is 0 Å². The molecule has 23 heavy (non-hydrogen) atoms. The van der Waals surface area contributed by atoms with Crippen LogP contribution in [-0.2, 0) is 4.79 Å². The molecule has 122 valence electrons. The van der Waals surface area contributed by atoms with Gasteiger partial charge in [0.1, 0.15) is 5.82 Å². The summed E-state index contributed by atoms with van der Waals surface area (Å²) < 4.78 is 1.79. The van der Waals surface area contributed by atoms with Crippen molar-refractivity contribution >= 4 is 29.2 Å². The van der Waals surface area contributed by atoms with Crippen LogP contribution in [0.25, 0.3) is 0 Å². The Labute approximate surface area is 138 Å². The molecule has 0 fully saturated rings. The molecule has 1 heterocycles. The van der Waals surface area contributed by atoms with Gasteiger partial charge < -0.3 is 5.32 Å².